The van der Waals surface area contributed by atoms with Crippen LogP contribution in [0.25, 0.3) is 6.08 Å². The number of rotatable bonds is 6. The SMILES string of the molecule is C[C@@]1(C2CC2)NC(=O)N(CC(=O)N2CCN(S(=O)(=O)/C=C/c3ccccc3)CC2)C1=O. The summed E-state index contributed by atoms with van der Waals surface area (Å²) in [4.78, 5) is 40.1. The van der Waals surface area contributed by atoms with Crippen molar-refractivity contribution in [2.75, 3.05) is 32.7 Å². The molecule has 0 spiro atoms. The third kappa shape index (κ3) is 4.35. The Balaban J connectivity index is 1.32. The summed E-state index contributed by atoms with van der Waals surface area (Å²) in [5.74, 6) is -0.595. The summed E-state index contributed by atoms with van der Waals surface area (Å²) in [6.07, 6.45) is 3.32. The van der Waals surface area contributed by atoms with Crippen molar-refractivity contribution in [2.45, 2.75) is 25.3 Å². The average Bonchev–Trinajstić information content (AvgIpc) is 3.59. The van der Waals surface area contributed by atoms with E-state index in [4.69, 9.17) is 0 Å². The van der Waals surface area contributed by atoms with Crippen LogP contribution >= 0.6 is 0 Å². The Morgan fingerprint density at radius 3 is 2.39 bits per heavy atom. The summed E-state index contributed by atoms with van der Waals surface area (Å²) in [6, 6.07) is 8.59. The predicted molar refractivity (Wildman–Crippen MR) is 114 cm³/mol. The first kappa shape index (κ1) is 21.5. The molecule has 0 bridgehead atoms. The number of imide groups is 1. The number of amides is 4. The van der Waals surface area contributed by atoms with Gasteiger partial charge in [0.25, 0.3) is 5.91 Å². The first-order chi connectivity index (χ1) is 14.7. The number of sulfonamides is 1. The van der Waals surface area contributed by atoms with Crippen LogP contribution in [0.2, 0.25) is 0 Å². The minimum atomic E-state index is -3.60. The minimum Gasteiger partial charge on any atom is -0.338 e. The number of nitrogens with one attached hydrogen (secondary N) is 1. The maximum atomic E-state index is 12.7. The third-order valence-corrected chi connectivity index (χ3v) is 7.74. The van der Waals surface area contributed by atoms with Gasteiger partial charge < -0.3 is 10.2 Å². The second-order valence-corrected chi connectivity index (χ2v) is 10.2. The highest BCUT2D eigenvalue weighted by Crippen LogP contribution is 2.42. The Bertz CT molecular complexity index is 1010. The highest BCUT2D eigenvalue weighted by Gasteiger charge is 2.56. The van der Waals surface area contributed by atoms with Crippen molar-refractivity contribution < 1.29 is 22.8 Å². The van der Waals surface area contributed by atoms with Crippen LogP contribution in [0.15, 0.2) is 35.7 Å². The van der Waals surface area contributed by atoms with Gasteiger partial charge in [0.05, 0.1) is 0 Å². The van der Waals surface area contributed by atoms with Gasteiger partial charge in [-0.05, 0) is 37.3 Å². The lowest BCUT2D eigenvalue weighted by Gasteiger charge is -2.34. The molecule has 3 aliphatic rings. The number of piperazine rings is 1. The quantitative estimate of drug-likeness (QED) is 0.652. The maximum Gasteiger partial charge on any atom is 0.325 e. The molecule has 0 aromatic heterocycles. The smallest absolute Gasteiger partial charge is 0.325 e. The van der Waals surface area contributed by atoms with Crippen LogP contribution in [0.3, 0.4) is 0 Å². The van der Waals surface area contributed by atoms with Crippen LogP contribution in [-0.4, -0.2) is 78.6 Å². The van der Waals surface area contributed by atoms with Gasteiger partial charge in [-0.2, -0.15) is 4.31 Å². The van der Waals surface area contributed by atoms with E-state index >= 15 is 0 Å². The van der Waals surface area contributed by atoms with Gasteiger partial charge in [-0.25, -0.2) is 13.2 Å². The molecule has 10 heteroatoms. The minimum absolute atomic E-state index is 0.127. The molecule has 3 fully saturated rings. The van der Waals surface area contributed by atoms with Gasteiger partial charge in [-0.3, -0.25) is 14.5 Å². The normalized spacial score (nSPS) is 25.3. The molecule has 0 radical (unpaired) electrons. The standard InChI is InChI=1S/C21H26N4O5S/c1-21(17-7-8-17)19(27)25(20(28)22-21)15-18(26)23-10-12-24(13-11-23)31(29,30)14-9-16-5-3-2-4-6-16/h2-6,9,14,17H,7-8,10-13,15H2,1H3,(H,22,28)/b14-9+/t21-/m0/s1. The Hall–Kier alpha value is -2.72. The molecule has 2 saturated heterocycles. The fourth-order valence-corrected chi connectivity index (χ4v) is 5.21. The highest BCUT2D eigenvalue weighted by atomic mass is 32.2. The van der Waals surface area contributed by atoms with Crippen LogP contribution in [0, 0.1) is 5.92 Å². The molecule has 4 rings (SSSR count). The summed E-state index contributed by atoms with van der Waals surface area (Å²) < 4.78 is 26.5. The fourth-order valence-electron chi connectivity index (χ4n) is 4.04. The number of nitrogens with zero attached hydrogens (tertiary/aromatic N) is 3. The summed E-state index contributed by atoms with van der Waals surface area (Å²) in [5.41, 5.74) is -0.137. The van der Waals surface area contributed by atoms with Gasteiger partial charge in [0.1, 0.15) is 12.1 Å². The molecule has 4 amide bonds. The molecule has 166 valence electrons. The second kappa shape index (κ2) is 8.08. The highest BCUT2D eigenvalue weighted by molar-refractivity contribution is 7.92. The Kier molecular flexibility index (Phi) is 5.61. The molecule has 1 saturated carbocycles. The molecule has 1 aliphatic carbocycles. The molecule has 0 unspecified atom stereocenters. The number of benzene rings is 1. The van der Waals surface area contributed by atoms with Gasteiger partial charge >= 0.3 is 6.03 Å². The van der Waals surface area contributed by atoms with Gasteiger partial charge in [0, 0.05) is 31.6 Å². The Labute approximate surface area is 181 Å². The molecule has 31 heavy (non-hydrogen) atoms. The number of hydrogen-bond acceptors (Lipinski definition) is 5. The molecular formula is C21H26N4O5S. The maximum absolute atomic E-state index is 12.7. The predicted octanol–water partition coefficient (Wildman–Crippen LogP) is 0.852. The van der Waals surface area contributed by atoms with E-state index in [1.54, 1.807) is 13.0 Å². The molecule has 2 aliphatic heterocycles. The molecule has 2 heterocycles. The first-order valence-electron chi connectivity index (χ1n) is 10.4. The van der Waals surface area contributed by atoms with Crippen LogP contribution in [0.4, 0.5) is 4.79 Å². The van der Waals surface area contributed by atoms with Crippen LogP contribution in [0.5, 0.6) is 0 Å². The van der Waals surface area contributed by atoms with Crippen molar-refractivity contribution in [3.8, 4) is 0 Å². The van der Waals surface area contributed by atoms with E-state index in [0.717, 1.165) is 23.3 Å². The summed E-state index contributed by atoms with van der Waals surface area (Å²) in [6.45, 7) is 2.12. The molecule has 1 aromatic carbocycles. The topological polar surface area (TPSA) is 107 Å². The van der Waals surface area contributed by atoms with Gasteiger partial charge in [0.15, 0.2) is 0 Å². The van der Waals surface area contributed by atoms with E-state index in [2.05, 4.69) is 5.32 Å². The lowest BCUT2D eigenvalue weighted by molar-refractivity contribution is -0.139. The number of carbonyl (C=O) groups is 3. The van der Waals surface area contributed by atoms with E-state index in [9.17, 15) is 22.8 Å². The molecule has 9 nitrogen and oxygen atoms in total. The lowest BCUT2D eigenvalue weighted by atomic mass is 9.96. The van der Waals surface area contributed by atoms with E-state index < -0.39 is 21.6 Å². The van der Waals surface area contributed by atoms with Gasteiger partial charge in [0.2, 0.25) is 15.9 Å². The zero-order chi connectivity index (χ0) is 22.2. The van der Waals surface area contributed by atoms with Crippen LogP contribution in [-0.2, 0) is 19.6 Å². The largest absolute Gasteiger partial charge is 0.338 e. The van der Waals surface area contributed by atoms with E-state index in [1.165, 1.54) is 14.6 Å². The molecule has 1 aromatic rings. The zero-order valence-corrected chi connectivity index (χ0v) is 18.2. The van der Waals surface area contributed by atoms with Crippen molar-refractivity contribution in [3.05, 3.63) is 41.3 Å². The third-order valence-electron chi connectivity index (χ3n) is 6.17. The molecule has 1 atom stereocenters. The van der Waals surface area contributed by atoms with Crippen molar-refractivity contribution >= 4 is 33.9 Å². The van der Waals surface area contributed by atoms with Crippen LogP contribution < -0.4 is 5.32 Å². The molecular weight excluding hydrogens is 420 g/mol. The van der Waals surface area contributed by atoms with E-state index in [0.29, 0.717) is 0 Å². The summed E-state index contributed by atoms with van der Waals surface area (Å²) in [7, 11) is -3.60. The number of urea groups is 1. The summed E-state index contributed by atoms with van der Waals surface area (Å²) in [5, 5.41) is 3.90. The number of hydrogen-bond donors (Lipinski definition) is 1. The molecule has 1 N–H and O–H groups in total. The first-order valence-corrected chi connectivity index (χ1v) is 11.9. The van der Waals surface area contributed by atoms with Gasteiger partial charge in [-0.1, -0.05) is 30.3 Å². The van der Waals surface area contributed by atoms with Crippen molar-refractivity contribution in [1.29, 1.82) is 0 Å². The monoisotopic (exact) mass is 446 g/mol. The van der Waals surface area contributed by atoms with Crippen LogP contribution in [0.1, 0.15) is 25.3 Å². The number of carbonyl (C=O) groups excluding carboxylic acids is 3. The van der Waals surface area contributed by atoms with E-state index in [1.807, 2.05) is 30.3 Å². The van der Waals surface area contributed by atoms with E-state index in [-0.39, 0.29) is 50.5 Å². The summed E-state index contributed by atoms with van der Waals surface area (Å²) >= 11 is 0. The Morgan fingerprint density at radius 1 is 1.13 bits per heavy atom. The Morgan fingerprint density at radius 2 is 1.77 bits per heavy atom. The van der Waals surface area contributed by atoms with Crippen molar-refractivity contribution in [1.82, 2.24) is 19.4 Å². The zero-order valence-electron chi connectivity index (χ0n) is 17.4. The van der Waals surface area contributed by atoms with Gasteiger partial charge in [-0.15, -0.1) is 0 Å². The lowest BCUT2D eigenvalue weighted by Crippen LogP contribution is -2.53. The second-order valence-electron chi connectivity index (χ2n) is 8.34. The average molecular weight is 447 g/mol. The fraction of sp³-hybridized carbons (Fsp3) is 0.476. The van der Waals surface area contributed by atoms with Crippen molar-refractivity contribution in [2.24, 2.45) is 5.92 Å². The van der Waals surface area contributed by atoms with Crippen molar-refractivity contribution in [3.63, 3.8) is 0 Å².